The number of fused-ring (bicyclic) bond motifs is 1. The van der Waals surface area contributed by atoms with Gasteiger partial charge in [-0.2, -0.15) is 0 Å². The van der Waals surface area contributed by atoms with E-state index in [1.54, 1.807) is 18.2 Å². The van der Waals surface area contributed by atoms with Crippen LogP contribution in [0.15, 0.2) is 69.4 Å². The Morgan fingerprint density at radius 1 is 1.19 bits per heavy atom. The van der Waals surface area contributed by atoms with E-state index in [2.05, 4.69) is 25.5 Å². The van der Waals surface area contributed by atoms with Crippen LogP contribution in [0.2, 0.25) is 0 Å². The van der Waals surface area contributed by atoms with Gasteiger partial charge >= 0.3 is 18.0 Å². The van der Waals surface area contributed by atoms with Gasteiger partial charge in [0.15, 0.2) is 6.61 Å². The Labute approximate surface area is 213 Å². The third-order valence-electron chi connectivity index (χ3n) is 5.90. The SMILES string of the molecule is [C-]#[N+]CCOC(=O)C1=C(CC)N=C(OC)N(C(=O)NC(C)c2ccccc2)C1c1ccc2nonc2c1. The van der Waals surface area contributed by atoms with Crippen molar-refractivity contribution in [2.24, 2.45) is 4.99 Å². The van der Waals surface area contributed by atoms with Crippen LogP contribution in [0.1, 0.15) is 43.5 Å². The Hall–Kier alpha value is -4.72. The van der Waals surface area contributed by atoms with Crippen LogP contribution in [-0.2, 0) is 14.3 Å². The fourth-order valence-corrected chi connectivity index (χ4v) is 4.10. The lowest BCUT2D eigenvalue weighted by atomic mass is 9.93. The molecule has 2 unspecified atom stereocenters. The third kappa shape index (κ3) is 5.28. The van der Waals surface area contributed by atoms with E-state index in [0.717, 1.165) is 5.56 Å². The first-order chi connectivity index (χ1) is 18.0. The third-order valence-corrected chi connectivity index (χ3v) is 5.90. The number of hydrogen-bond donors (Lipinski definition) is 1. The largest absolute Gasteiger partial charge is 0.468 e. The van der Waals surface area contributed by atoms with E-state index in [1.165, 1.54) is 12.0 Å². The molecule has 4 rings (SSSR count). The molecule has 0 bridgehead atoms. The molecular weight excluding hydrogens is 476 g/mol. The number of aromatic nitrogens is 2. The van der Waals surface area contributed by atoms with Gasteiger partial charge in [-0.25, -0.2) is 30.7 Å². The van der Waals surface area contributed by atoms with E-state index in [9.17, 15) is 9.59 Å². The van der Waals surface area contributed by atoms with Crippen molar-refractivity contribution in [3.05, 3.63) is 82.3 Å². The standard InChI is InChI=1S/C26H26N6O5/c1-5-19-22(24(33)36-14-13-27-3)23(18-11-12-20-21(15-18)31-37-30-20)32(26(29-19)35-4)25(34)28-16(2)17-9-7-6-8-10-17/h6-12,15-16,23H,5,13-14H2,1-2,4H3,(H,28,34). The number of esters is 1. The second-order valence-electron chi connectivity index (χ2n) is 8.20. The molecule has 0 radical (unpaired) electrons. The van der Waals surface area contributed by atoms with Gasteiger partial charge in [0.2, 0.25) is 6.54 Å². The van der Waals surface area contributed by atoms with Gasteiger partial charge in [0.05, 0.1) is 24.4 Å². The summed E-state index contributed by atoms with van der Waals surface area (Å²) in [6, 6.07) is 12.8. The number of ether oxygens (including phenoxy) is 2. The van der Waals surface area contributed by atoms with Crippen LogP contribution in [0.3, 0.4) is 0 Å². The number of urea groups is 1. The number of allylic oxidation sites excluding steroid dienone is 1. The molecule has 0 aliphatic carbocycles. The summed E-state index contributed by atoms with van der Waals surface area (Å²) in [5.74, 6) is -0.670. The molecule has 2 heterocycles. The van der Waals surface area contributed by atoms with Gasteiger partial charge < -0.3 is 19.6 Å². The molecule has 0 saturated heterocycles. The zero-order valence-electron chi connectivity index (χ0n) is 20.7. The molecule has 1 aliphatic rings. The van der Waals surface area contributed by atoms with E-state index in [0.29, 0.717) is 28.7 Å². The smallest absolute Gasteiger partial charge is 0.338 e. The molecule has 2 amide bonds. The maximum atomic E-state index is 13.8. The zero-order valence-corrected chi connectivity index (χ0v) is 20.7. The maximum Gasteiger partial charge on any atom is 0.338 e. The van der Waals surface area contributed by atoms with E-state index in [1.807, 2.05) is 44.2 Å². The highest BCUT2D eigenvalue weighted by molar-refractivity contribution is 6.01. The number of benzene rings is 2. The molecule has 2 atom stereocenters. The lowest BCUT2D eigenvalue weighted by molar-refractivity contribution is -0.139. The molecule has 0 fully saturated rings. The van der Waals surface area contributed by atoms with Gasteiger partial charge in [-0.3, -0.25) is 0 Å². The molecule has 37 heavy (non-hydrogen) atoms. The Balaban J connectivity index is 1.80. The van der Waals surface area contributed by atoms with E-state index >= 15 is 0 Å². The number of amides is 2. The normalized spacial score (nSPS) is 16.1. The number of hydrogen-bond acceptors (Lipinski definition) is 8. The second-order valence-corrected chi connectivity index (χ2v) is 8.20. The van der Waals surface area contributed by atoms with Crippen molar-refractivity contribution in [2.75, 3.05) is 20.3 Å². The number of carbonyl (C=O) groups excluding carboxylic acids is 2. The van der Waals surface area contributed by atoms with Crippen LogP contribution in [-0.4, -0.2) is 53.5 Å². The average molecular weight is 503 g/mol. The summed E-state index contributed by atoms with van der Waals surface area (Å²) in [4.78, 5) is 36.1. The van der Waals surface area contributed by atoms with E-state index < -0.39 is 18.0 Å². The van der Waals surface area contributed by atoms with Crippen molar-refractivity contribution >= 4 is 29.1 Å². The van der Waals surface area contributed by atoms with Crippen molar-refractivity contribution in [3.63, 3.8) is 0 Å². The minimum absolute atomic E-state index is 0.0209. The van der Waals surface area contributed by atoms with Crippen LogP contribution in [0.4, 0.5) is 4.79 Å². The monoisotopic (exact) mass is 502 g/mol. The van der Waals surface area contributed by atoms with Gasteiger partial charge in [-0.05, 0) is 46.9 Å². The number of nitrogens with zero attached hydrogens (tertiary/aromatic N) is 5. The second kappa shape index (κ2) is 11.3. The Kier molecular flexibility index (Phi) is 7.78. The van der Waals surface area contributed by atoms with Crippen molar-refractivity contribution in [3.8, 4) is 0 Å². The first-order valence-corrected chi connectivity index (χ1v) is 11.7. The van der Waals surface area contributed by atoms with E-state index in [4.69, 9.17) is 20.7 Å². The lowest BCUT2D eigenvalue weighted by Gasteiger charge is -2.36. The van der Waals surface area contributed by atoms with Crippen LogP contribution in [0, 0.1) is 6.57 Å². The van der Waals surface area contributed by atoms with Gasteiger partial charge in [-0.15, -0.1) is 0 Å². The summed E-state index contributed by atoms with van der Waals surface area (Å²) in [5.41, 5.74) is 3.02. The molecule has 190 valence electrons. The van der Waals surface area contributed by atoms with Gasteiger partial charge in [0.25, 0.3) is 0 Å². The highest BCUT2D eigenvalue weighted by Crippen LogP contribution is 2.38. The molecule has 11 heteroatoms. The van der Waals surface area contributed by atoms with Crippen molar-refractivity contribution in [1.82, 2.24) is 20.5 Å². The Bertz CT molecular complexity index is 1390. The van der Waals surface area contributed by atoms with Gasteiger partial charge in [0, 0.05) is 0 Å². The highest BCUT2D eigenvalue weighted by atomic mass is 16.6. The van der Waals surface area contributed by atoms with Crippen molar-refractivity contribution in [2.45, 2.75) is 32.4 Å². The number of nitrogens with one attached hydrogen (secondary N) is 1. The fourth-order valence-electron chi connectivity index (χ4n) is 4.10. The van der Waals surface area contributed by atoms with Crippen LogP contribution in [0.5, 0.6) is 0 Å². The summed E-state index contributed by atoms with van der Waals surface area (Å²) in [6.45, 7) is 10.6. The predicted molar refractivity (Wildman–Crippen MR) is 134 cm³/mol. The topological polar surface area (TPSA) is 124 Å². The first-order valence-electron chi connectivity index (χ1n) is 11.7. The van der Waals surface area contributed by atoms with Gasteiger partial charge in [0.1, 0.15) is 17.1 Å². The summed E-state index contributed by atoms with van der Waals surface area (Å²) in [7, 11) is 1.41. The summed E-state index contributed by atoms with van der Waals surface area (Å²) in [5, 5.41) is 10.7. The zero-order chi connectivity index (χ0) is 26.4. The molecule has 1 aliphatic heterocycles. The predicted octanol–water partition coefficient (Wildman–Crippen LogP) is 4.18. The molecule has 0 saturated carbocycles. The summed E-state index contributed by atoms with van der Waals surface area (Å²) >= 11 is 0. The average Bonchev–Trinajstić information content (AvgIpc) is 3.40. The molecule has 0 spiro atoms. The van der Waals surface area contributed by atoms with Crippen LogP contribution < -0.4 is 5.32 Å². The minimum atomic E-state index is -0.952. The number of carbonyl (C=O) groups is 2. The molecule has 1 aromatic heterocycles. The Morgan fingerprint density at radius 2 is 1.95 bits per heavy atom. The fraction of sp³-hybridized carbons (Fsp3) is 0.308. The van der Waals surface area contributed by atoms with Crippen LogP contribution >= 0.6 is 0 Å². The minimum Gasteiger partial charge on any atom is -0.468 e. The van der Waals surface area contributed by atoms with Crippen molar-refractivity contribution < 1.29 is 23.7 Å². The molecule has 3 aromatic rings. The number of methoxy groups -OCH3 is 1. The quantitative estimate of drug-likeness (QED) is 0.292. The molecule has 11 nitrogen and oxygen atoms in total. The highest BCUT2D eigenvalue weighted by Gasteiger charge is 2.42. The molecule has 2 aromatic carbocycles. The number of rotatable bonds is 7. The number of aliphatic imine (C=N–C) groups is 1. The number of amidine groups is 1. The van der Waals surface area contributed by atoms with Crippen LogP contribution in [0.25, 0.3) is 15.9 Å². The first kappa shape index (κ1) is 25.4. The Morgan fingerprint density at radius 3 is 2.65 bits per heavy atom. The summed E-state index contributed by atoms with van der Waals surface area (Å²) in [6.07, 6.45) is 0.375. The van der Waals surface area contributed by atoms with Gasteiger partial charge in [-0.1, -0.05) is 43.3 Å². The molecular formula is C26H26N6O5. The summed E-state index contributed by atoms with van der Waals surface area (Å²) < 4.78 is 15.8. The molecule has 1 N–H and O–H groups in total. The lowest BCUT2D eigenvalue weighted by Crippen LogP contribution is -2.50. The maximum absolute atomic E-state index is 13.8. The van der Waals surface area contributed by atoms with E-state index in [-0.39, 0.29) is 30.8 Å². The van der Waals surface area contributed by atoms with Crippen molar-refractivity contribution in [1.29, 1.82) is 0 Å².